The summed E-state index contributed by atoms with van der Waals surface area (Å²) < 4.78 is 16.2. The number of morpholine rings is 1. The van der Waals surface area contributed by atoms with Crippen molar-refractivity contribution >= 4 is 23.2 Å². The van der Waals surface area contributed by atoms with Crippen molar-refractivity contribution in [2.45, 2.75) is 6.04 Å². The first-order chi connectivity index (χ1) is 14.7. The van der Waals surface area contributed by atoms with E-state index in [0.29, 0.717) is 24.0 Å². The van der Waals surface area contributed by atoms with Gasteiger partial charge in [-0.05, 0) is 23.8 Å². The summed E-state index contributed by atoms with van der Waals surface area (Å²) in [4.78, 5) is 6.75. The van der Waals surface area contributed by atoms with E-state index in [-0.39, 0.29) is 6.04 Å². The number of rotatable bonds is 7. The lowest BCUT2D eigenvalue weighted by atomic mass is 10.0. The van der Waals surface area contributed by atoms with Gasteiger partial charge in [-0.25, -0.2) is 0 Å². The largest absolute Gasteiger partial charge is 0.493 e. The third kappa shape index (κ3) is 5.56. The molecule has 0 amide bonds. The number of anilines is 1. The lowest BCUT2D eigenvalue weighted by Crippen LogP contribution is -2.45. The molecule has 1 heterocycles. The van der Waals surface area contributed by atoms with Gasteiger partial charge < -0.3 is 24.8 Å². The molecule has 7 nitrogen and oxygen atoms in total. The van der Waals surface area contributed by atoms with Crippen LogP contribution in [0.5, 0.6) is 11.5 Å². The van der Waals surface area contributed by atoms with Gasteiger partial charge in [0.15, 0.2) is 17.5 Å². The highest BCUT2D eigenvalue weighted by atomic mass is 35.5. The highest BCUT2D eigenvalue weighted by Gasteiger charge is 2.24. The first-order valence-electron chi connectivity index (χ1n) is 9.92. The molecule has 2 aromatic carbocycles. The molecule has 3 rings (SSSR count). The average molecular weight is 433 g/mol. The average Bonchev–Trinajstić information content (AvgIpc) is 2.80. The molecule has 30 heavy (non-hydrogen) atoms. The molecule has 1 atom stereocenters. The summed E-state index contributed by atoms with van der Waals surface area (Å²) in [5.74, 6) is 1.99. The Morgan fingerprint density at radius 2 is 1.87 bits per heavy atom. The quantitative estimate of drug-likeness (QED) is 0.516. The Morgan fingerprint density at radius 1 is 1.13 bits per heavy atom. The third-order valence-corrected chi connectivity index (χ3v) is 5.43. The van der Waals surface area contributed by atoms with Crippen LogP contribution in [-0.2, 0) is 4.74 Å². The zero-order valence-electron chi connectivity index (χ0n) is 17.7. The molecule has 1 fully saturated rings. The van der Waals surface area contributed by atoms with Crippen LogP contribution in [0, 0.1) is 0 Å². The normalized spacial score (nSPS) is 16.1. The molecular weight excluding hydrogens is 404 g/mol. The number of nitrogens with one attached hydrogen (secondary N) is 2. The van der Waals surface area contributed by atoms with Gasteiger partial charge >= 0.3 is 0 Å². The van der Waals surface area contributed by atoms with Crippen LogP contribution in [0.4, 0.5) is 5.69 Å². The minimum Gasteiger partial charge on any atom is -0.493 e. The van der Waals surface area contributed by atoms with Gasteiger partial charge in [0.25, 0.3) is 0 Å². The molecule has 0 aromatic heterocycles. The van der Waals surface area contributed by atoms with E-state index in [1.54, 1.807) is 21.3 Å². The first kappa shape index (κ1) is 22.2. The van der Waals surface area contributed by atoms with Crippen LogP contribution in [0.3, 0.4) is 0 Å². The Balaban J connectivity index is 1.72. The van der Waals surface area contributed by atoms with Crippen LogP contribution in [0.15, 0.2) is 47.5 Å². The number of halogens is 1. The van der Waals surface area contributed by atoms with Crippen molar-refractivity contribution < 1.29 is 14.2 Å². The molecule has 0 radical (unpaired) electrons. The third-order valence-electron chi connectivity index (χ3n) is 5.08. The molecule has 0 bridgehead atoms. The molecular formula is C22H29ClN4O3. The molecule has 1 saturated heterocycles. The van der Waals surface area contributed by atoms with Crippen molar-refractivity contribution in [2.75, 3.05) is 59.4 Å². The van der Waals surface area contributed by atoms with Gasteiger partial charge in [0.1, 0.15) is 0 Å². The number of benzene rings is 2. The van der Waals surface area contributed by atoms with Gasteiger partial charge in [0.05, 0.1) is 33.5 Å². The van der Waals surface area contributed by atoms with E-state index in [0.717, 1.165) is 42.6 Å². The van der Waals surface area contributed by atoms with Crippen molar-refractivity contribution in [3.8, 4) is 11.5 Å². The summed E-state index contributed by atoms with van der Waals surface area (Å²) in [6.45, 7) is 3.81. The molecule has 1 aliphatic rings. The van der Waals surface area contributed by atoms with Gasteiger partial charge in [-0.1, -0.05) is 29.8 Å². The smallest absolute Gasteiger partial charge is 0.195 e. The van der Waals surface area contributed by atoms with Crippen LogP contribution < -0.4 is 20.1 Å². The molecule has 8 heteroatoms. The van der Waals surface area contributed by atoms with Crippen molar-refractivity contribution in [1.82, 2.24) is 10.2 Å². The second kappa shape index (κ2) is 11.1. The summed E-state index contributed by atoms with van der Waals surface area (Å²) in [7, 11) is 4.98. The fourth-order valence-corrected chi connectivity index (χ4v) is 3.76. The number of guanidine groups is 1. The number of hydrogen-bond acceptors (Lipinski definition) is 5. The van der Waals surface area contributed by atoms with Gasteiger partial charge in [-0.2, -0.15) is 0 Å². The van der Waals surface area contributed by atoms with Crippen molar-refractivity contribution in [1.29, 1.82) is 0 Å². The van der Waals surface area contributed by atoms with Gasteiger partial charge in [0, 0.05) is 43.5 Å². The first-order valence-corrected chi connectivity index (χ1v) is 10.3. The minimum atomic E-state index is 0.103. The Morgan fingerprint density at radius 3 is 2.53 bits per heavy atom. The fraction of sp³-hybridized carbons (Fsp3) is 0.409. The molecule has 0 spiro atoms. The minimum absolute atomic E-state index is 0.103. The van der Waals surface area contributed by atoms with E-state index < -0.39 is 0 Å². The molecule has 0 aliphatic carbocycles. The monoisotopic (exact) mass is 432 g/mol. The summed E-state index contributed by atoms with van der Waals surface area (Å²) in [6.07, 6.45) is 0. The SMILES string of the molecule is CN=C(NCC(c1ccccc1Cl)N1CCOCC1)Nc1ccc(OC)c(OC)c1. The van der Waals surface area contributed by atoms with E-state index in [9.17, 15) is 0 Å². The number of ether oxygens (including phenoxy) is 3. The molecule has 1 aliphatic heterocycles. The van der Waals surface area contributed by atoms with Crippen LogP contribution in [0.1, 0.15) is 11.6 Å². The predicted molar refractivity (Wildman–Crippen MR) is 121 cm³/mol. The standard InChI is InChI=1S/C22H29ClN4O3/c1-24-22(26-16-8-9-20(28-2)21(14-16)29-3)25-15-19(27-10-12-30-13-11-27)17-6-4-5-7-18(17)23/h4-9,14,19H,10-13,15H2,1-3H3,(H2,24,25,26). The van der Waals surface area contributed by atoms with Crippen molar-refractivity contribution in [2.24, 2.45) is 4.99 Å². The maximum absolute atomic E-state index is 6.52. The maximum Gasteiger partial charge on any atom is 0.195 e. The number of aliphatic imine (C=N–C) groups is 1. The Labute approximate surface area is 183 Å². The topological polar surface area (TPSA) is 67.4 Å². The number of methoxy groups -OCH3 is 2. The second-order valence-corrected chi connectivity index (χ2v) is 7.24. The predicted octanol–water partition coefficient (Wildman–Crippen LogP) is 3.42. The molecule has 2 aromatic rings. The van der Waals surface area contributed by atoms with Gasteiger partial charge in [-0.3, -0.25) is 9.89 Å². The van der Waals surface area contributed by atoms with Crippen LogP contribution in [0.2, 0.25) is 5.02 Å². The summed E-state index contributed by atoms with van der Waals surface area (Å²) in [5.41, 5.74) is 1.94. The van der Waals surface area contributed by atoms with Crippen LogP contribution in [-0.4, -0.2) is 65.0 Å². The molecule has 1 unspecified atom stereocenters. The summed E-state index contributed by atoms with van der Waals surface area (Å²) in [6, 6.07) is 13.7. The van der Waals surface area contributed by atoms with Crippen molar-refractivity contribution in [3.63, 3.8) is 0 Å². The highest BCUT2D eigenvalue weighted by Crippen LogP contribution is 2.30. The Bertz CT molecular complexity index is 856. The highest BCUT2D eigenvalue weighted by molar-refractivity contribution is 6.31. The van der Waals surface area contributed by atoms with Gasteiger partial charge in [0.2, 0.25) is 0 Å². The van der Waals surface area contributed by atoms with E-state index in [2.05, 4.69) is 26.6 Å². The Kier molecular flexibility index (Phi) is 8.19. The van der Waals surface area contributed by atoms with E-state index >= 15 is 0 Å². The van der Waals surface area contributed by atoms with Crippen LogP contribution >= 0.6 is 11.6 Å². The van der Waals surface area contributed by atoms with Gasteiger partial charge in [-0.15, -0.1) is 0 Å². The fourth-order valence-electron chi connectivity index (χ4n) is 3.49. The zero-order chi connectivity index (χ0) is 21.3. The molecule has 2 N–H and O–H groups in total. The lowest BCUT2D eigenvalue weighted by Gasteiger charge is -2.35. The Hall–Kier alpha value is -2.48. The van der Waals surface area contributed by atoms with E-state index in [1.807, 2.05) is 36.4 Å². The number of nitrogens with zero attached hydrogens (tertiary/aromatic N) is 2. The van der Waals surface area contributed by atoms with Crippen molar-refractivity contribution in [3.05, 3.63) is 53.1 Å². The van der Waals surface area contributed by atoms with E-state index in [1.165, 1.54) is 0 Å². The molecule has 162 valence electrons. The maximum atomic E-state index is 6.52. The lowest BCUT2D eigenvalue weighted by molar-refractivity contribution is 0.0170. The zero-order valence-corrected chi connectivity index (χ0v) is 18.4. The number of hydrogen-bond donors (Lipinski definition) is 2. The molecule has 0 saturated carbocycles. The second-order valence-electron chi connectivity index (χ2n) is 6.83. The summed E-state index contributed by atoms with van der Waals surface area (Å²) >= 11 is 6.52. The van der Waals surface area contributed by atoms with E-state index in [4.69, 9.17) is 25.8 Å². The van der Waals surface area contributed by atoms with Crippen LogP contribution in [0.25, 0.3) is 0 Å². The summed E-state index contributed by atoms with van der Waals surface area (Å²) in [5, 5.41) is 7.50.